The second kappa shape index (κ2) is 6.60. The first-order valence-electron chi connectivity index (χ1n) is 7.16. The molecule has 19 heavy (non-hydrogen) atoms. The van der Waals surface area contributed by atoms with E-state index in [2.05, 4.69) is 6.92 Å². The smallest absolute Gasteiger partial charge is 0.307 e. The average molecular weight is 262 g/mol. The van der Waals surface area contributed by atoms with Crippen molar-refractivity contribution in [2.75, 3.05) is 0 Å². The van der Waals surface area contributed by atoms with Crippen molar-refractivity contribution in [1.82, 2.24) is 0 Å². The largest absolute Gasteiger partial charge is 0.490 e. The normalized spacial score (nSPS) is 23.0. The molecule has 0 aromatic heterocycles. The van der Waals surface area contributed by atoms with Gasteiger partial charge in [-0.1, -0.05) is 25.5 Å². The first-order valence-corrected chi connectivity index (χ1v) is 7.16. The SMILES string of the molecule is CCC1CCCCC1Oc1ccc(CC(=O)O)cc1. The van der Waals surface area contributed by atoms with Crippen molar-refractivity contribution in [1.29, 1.82) is 0 Å². The Morgan fingerprint density at radius 1 is 1.26 bits per heavy atom. The second-order valence-corrected chi connectivity index (χ2v) is 5.32. The zero-order valence-corrected chi connectivity index (χ0v) is 11.5. The van der Waals surface area contributed by atoms with Crippen molar-refractivity contribution < 1.29 is 14.6 Å². The number of hydrogen-bond donors (Lipinski definition) is 1. The van der Waals surface area contributed by atoms with Gasteiger partial charge in [0.1, 0.15) is 11.9 Å². The van der Waals surface area contributed by atoms with Gasteiger partial charge in [0.15, 0.2) is 0 Å². The summed E-state index contributed by atoms with van der Waals surface area (Å²) in [7, 11) is 0. The fourth-order valence-electron chi connectivity index (χ4n) is 2.83. The number of aliphatic carboxylic acids is 1. The van der Waals surface area contributed by atoms with Crippen LogP contribution in [0.5, 0.6) is 5.75 Å². The molecule has 1 fully saturated rings. The average Bonchev–Trinajstić information content (AvgIpc) is 2.41. The highest BCUT2D eigenvalue weighted by Gasteiger charge is 2.25. The summed E-state index contributed by atoms with van der Waals surface area (Å²) in [4.78, 5) is 10.6. The number of carboxylic acid groups (broad SMARTS) is 1. The molecule has 0 spiro atoms. The zero-order chi connectivity index (χ0) is 13.7. The molecule has 3 nitrogen and oxygen atoms in total. The lowest BCUT2D eigenvalue weighted by Crippen LogP contribution is -2.29. The summed E-state index contributed by atoms with van der Waals surface area (Å²) in [6.07, 6.45) is 6.52. The Kier molecular flexibility index (Phi) is 4.83. The van der Waals surface area contributed by atoms with Crippen molar-refractivity contribution >= 4 is 5.97 Å². The molecule has 0 radical (unpaired) electrons. The predicted octanol–water partition coefficient (Wildman–Crippen LogP) is 3.66. The Balaban J connectivity index is 1.96. The fourth-order valence-corrected chi connectivity index (χ4v) is 2.83. The third-order valence-electron chi connectivity index (χ3n) is 3.93. The molecular formula is C16H22O3. The van der Waals surface area contributed by atoms with E-state index in [-0.39, 0.29) is 6.42 Å². The van der Waals surface area contributed by atoms with E-state index < -0.39 is 5.97 Å². The first-order chi connectivity index (χ1) is 9.19. The van der Waals surface area contributed by atoms with Crippen LogP contribution < -0.4 is 4.74 Å². The van der Waals surface area contributed by atoms with Gasteiger partial charge in [0.2, 0.25) is 0 Å². The van der Waals surface area contributed by atoms with E-state index in [9.17, 15) is 4.79 Å². The maximum Gasteiger partial charge on any atom is 0.307 e. The molecule has 1 aliphatic carbocycles. The van der Waals surface area contributed by atoms with Crippen LogP contribution in [-0.2, 0) is 11.2 Å². The zero-order valence-electron chi connectivity index (χ0n) is 11.5. The fraction of sp³-hybridized carbons (Fsp3) is 0.562. The summed E-state index contributed by atoms with van der Waals surface area (Å²) < 4.78 is 6.07. The summed E-state index contributed by atoms with van der Waals surface area (Å²) in [5, 5.41) is 8.73. The van der Waals surface area contributed by atoms with E-state index >= 15 is 0 Å². The Labute approximate surface area is 114 Å². The summed E-state index contributed by atoms with van der Waals surface area (Å²) in [6, 6.07) is 7.46. The number of rotatable bonds is 5. The van der Waals surface area contributed by atoms with E-state index in [1.807, 2.05) is 24.3 Å². The van der Waals surface area contributed by atoms with Gasteiger partial charge in [0, 0.05) is 0 Å². The minimum atomic E-state index is -0.799. The van der Waals surface area contributed by atoms with Crippen molar-refractivity contribution in [3.63, 3.8) is 0 Å². The lowest BCUT2D eigenvalue weighted by molar-refractivity contribution is -0.136. The highest BCUT2D eigenvalue weighted by molar-refractivity contribution is 5.70. The molecule has 1 N–H and O–H groups in total. The molecule has 1 saturated carbocycles. The number of ether oxygens (including phenoxy) is 1. The molecule has 0 heterocycles. The van der Waals surface area contributed by atoms with Crippen molar-refractivity contribution in [3.05, 3.63) is 29.8 Å². The number of carboxylic acids is 1. The highest BCUT2D eigenvalue weighted by atomic mass is 16.5. The van der Waals surface area contributed by atoms with Gasteiger partial charge in [-0.2, -0.15) is 0 Å². The van der Waals surface area contributed by atoms with E-state index in [4.69, 9.17) is 9.84 Å². The Bertz CT molecular complexity index is 411. The van der Waals surface area contributed by atoms with Crippen LogP contribution in [0.2, 0.25) is 0 Å². The number of benzene rings is 1. The Morgan fingerprint density at radius 2 is 1.95 bits per heavy atom. The second-order valence-electron chi connectivity index (χ2n) is 5.32. The molecule has 2 rings (SSSR count). The van der Waals surface area contributed by atoms with Crippen LogP contribution in [0.3, 0.4) is 0 Å². The molecule has 2 unspecified atom stereocenters. The van der Waals surface area contributed by atoms with Gasteiger partial charge in [-0.05, 0) is 49.3 Å². The lowest BCUT2D eigenvalue weighted by Gasteiger charge is -2.31. The maximum absolute atomic E-state index is 10.6. The third-order valence-corrected chi connectivity index (χ3v) is 3.93. The summed E-state index contributed by atoms with van der Waals surface area (Å²) in [6.45, 7) is 2.22. The monoisotopic (exact) mass is 262 g/mol. The van der Waals surface area contributed by atoms with Crippen LogP contribution >= 0.6 is 0 Å². The lowest BCUT2D eigenvalue weighted by atomic mass is 9.85. The predicted molar refractivity (Wildman–Crippen MR) is 74.4 cm³/mol. The Morgan fingerprint density at radius 3 is 2.58 bits per heavy atom. The van der Waals surface area contributed by atoms with E-state index in [1.54, 1.807) is 0 Å². The van der Waals surface area contributed by atoms with E-state index in [1.165, 1.54) is 25.7 Å². The van der Waals surface area contributed by atoms with Gasteiger partial charge in [0.25, 0.3) is 0 Å². The summed E-state index contributed by atoms with van der Waals surface area (Å²) in [5.41, 5.74) is 0.815. The van der Waals surface area contributed by atoms with Crippen LogP contribution in [0.4, 0.5) is 0 Å². The maximum atomic E-state index is 10.6. The molecule has 1 aromatic rings. The third kappa shape index (κ3) is 3.98. The van der Waals surface area contributed by atoms with Gasteiger partial charge in [-0.25, -0.2) is 0 Å². The van der Waals surface area contributed by atoms with Crippen LogP contribution in [0, 0.1) is 5.92 Å². The standard InChI is InChI=1S/C16H22O3/c1-2-13-5-3-4-6-15(13)19-14-9-7-12(8-10-14)11-16(17)18/h7-10,13,15H,2-6,11H2,1H3,(H,17,18). The molecule has 0 aliphatic heterocycles. The highest BCUT2D eigenvalue weighted by Crippen LogP contribution is 2.30. The molecule has 0 bridgehead atoms. The van der Waals surface area contributed by atoms with Gasteiger partial charge in [-0.3, -0.25) is 4.79 Å². The summed E-state index contributed by atoms with van der Waals surface area (Å²) in [5.74, 6) is 0.721. The minimum Gasteiger partial charge on any atom is -0.490 e. The quantitative estimate of drug-likeness (QED) is 0.880. The van der Waals surface area contributed by atoms with Crippen LogP contribution in [-0.4, -0.2) is 17.2 Å². The molecule has 3 heteroatoms. The summed E-state index contributed by atoms with van der Waals surface area (Å²) >= 11 is 0. The van der Waals surface area contributed by atoms with Gasteiger partial charge >= 0.3 is 5.97 Å². The number of carbonyl (C=O) groups is 1. The molecule has 104 valence electrons. The van der Waals surface area contributed by atoms with Gasteiger partial charge in [0.05, 0.1) is 6.42 Å². The molecule has 2 atom stereocenters. The topological polar surface area (TPSA) is 46.5 Å². The van der Waals surface area contributed by atoms with Crippen LogP contribution in [0.15, 0.2) is 24.3 Å². The van der Waals surface area contributed by atoms with E-state index in [0.29, 0.717) is 12.0 Å². The molecule has 0 amide bonds. The molecular weight excluding hydrogens is 240 g/mol. The Hall–Kier alpha value is -1.51. The molecule has 1 aliphatic rings. The molecule has 0 saturated heterocycles. The van der Waals surface area contributed by atoms with Crippen LogP contribution in [0.1, 0.15) is 44.6 Å². The van der Waals surface area contributed by atoms with Crippen molar-refractivity contribution in [2.24, 2.45) is 5.92 Å². The molecule has 1 aromatic carbocycles. The van der Waals surface area contributed by atoms with Gasteiger partial charge < -0.3 is 9.84 Å². The number of hydrogen-bond acceptors (Lipinski definition) is 2. The minimum absolute atomic E-state index is 0.0707. The van der Waals surface area contributed by atoms with E-state index in [0.717, 1.165) is 17.7 Å². The van der Waals surface area contributed by atoms with Gasteiger partial charge in [-0.15, -0.1) is 0 Å². The van der Waals surface area contributed by atoms with Crippen LogP contribution in [0.25, 0.3) is 0 Å². The van der Waals surface area contributed by atoms with Crippen molar-refractivity contribution in [2.45, 2.75) is 51.6 Å². The van der Waals surface area contributed by atoms with Crippen molar-refractivity contribution in [3.8, 4) is 5.75 Å². The first kappa shape index (κ1) is 13.9.